The molecular formula is C19H23NO4. The van der Waals surface area contributed by atoms with Gasteiger partial charge in [0.15, 0.2) is 0 Å². The smallest absolute Gasteiger partial charge is 0.336 e. The lowest BCUT2D eigenvalue weighted by Gasteiger charge is -2.27. The molecule has 0 unspecified atom stereocenters. The highest BCUT2D eigenvalue weighted by Crippen LogP contribution is 2.25. The molecule has 1 aliphatic rings. The fourth-order valence-electron chi connectivity index (χ4n) is 3.50. The van der Waals surface area contributed by atoms with Crippen molar-refractivity contribution in [3.05, 3.63) is 40.2 Å². The summed E-state index contributed by atoms with van der Waals surface area (Å²) in [5, 5.41) is 3.87. The lowest BCUT2D eigenvalue weighted by molar-refractivity contribution is -0.121. The topological polar surface area (TPSA) is 68.5 Å². The van der Waals surface area contributed by atoms with E-state index in [2.05, 4.69) is 12.2 Å². The zero-order chi connectivity index (χ0) is 17.1. The maximum atomic E-state index is 12.4. The quantitative estimate of drug-likeness (QED) is 0.876. The standard InChI is InChI=1S/C19H23NO4/c1-12-4-3-5-14(8-12)20-18(21)9-13-10-19(22)24-17-11-15(23-2)6-7-16(13)17/h6-7,10-12,14H,3-5,8-9H2,1-2H3,(H,20,21)/t12-,14-/m0/s1. The van der Waals surface area contributed by atoms with Crippen molar-refractivity contribution in [1.82, 2.24) is 5.32 Å². The highest BCUT2D eigenvalue weighted by molar-refractivity contribution is 5.87. The number of hydrogen-bond acceptors (Lipinski definition) is 4. The van der Waals surface area contributed by atoms with Crippen LogP contribution >= 0.6 is 0 Å². The van der Waals surface area contributed by atoms with E-state index in [1.165, 1.54) is 12.5 Å². The van der Waals surface area contributed by atoms with Crippen molar-refractivity contribution < 1.29 is 13.9 Å². The van der Waals surface area contributed by atoms with E-state index >= 15 is 0 Å². The number of ether oxygens (including phenoxy) is 1. The van der Waals surface area contributed by atoms with Crippen LogP contribution < -0.4 is 15.7 Å². The molecule has 1 aromatic carbocycles. The average molecular weight is 329 g/mol. The lowest BCUT2D eigenvalue weighted by Crippen LogP contribution is -2.38. The van der Waals surface area contributed by atoms with Gasteiger partial charge in [0.2, 0.25) is 5.91 Å². The van der Waals surface area contributed by atoms with Crippen LogP contribution in [0.15, 0.2) is 33.5 Å². The first kappa shape index (κ1) is 16.6. The highest BCUT2D eigenvalue weighted by Gasteiger charge is 2.21. The number of benzene rings is 1. The lowest BCUT2D eigenvalue weighted by atomic mass is 9.87. The average Bonchev–Trinajstić information content (AvgIpc) is 2.53. The van der Waals surface area contributed by atoms with Crippen LogP contribution in [0.5, 0.6) is 5.75 Å². The molecule has 1 aromatic heterocycles. The van der Waals surface area contributed by atoms with Crippen LogP contribution in [-0.4, -0.2) is 19.1 Å². The molecule has 5 nitrogen and oxygen atoms in total. The van der Waals surface area contributed by atoms with Crippen molar-refractivity contribution in [3.8, 4) is 5.75 Å². The van der Waals surface area contributed by atoms with E-state index in [1.807, 2.05) is 6.07 Å². The predicted octanol–water partition coefficient (Wildman–Crippen LogP) is 3.04. The van der Waals surface area contributed by atoms with Gasteiger partial charge in [0, 0.05) is 23.6 Å². The van der Waals surface area contributed by atoms with Crippen molar-refractivity contribution in [2.45, 2.75) is 45.1 Å². The highest BCUT2D eigenvalue weighted by atomic mass is 16.5. The molecule has 5 heteroatoms. The summed E-state index contributed by atoms with van der Waals surface area (Å²) in [6, 6.07) is 6.93. The Morgan fingerprint density at radius 2 is 2.17 bits per heavy atom. The Balaban J connectivity index is 1.79. The third-order valence-electron chi connectivity index (χ3n) is 4.69. The molecule has 0 saturated heterocycles. The Hall–Kier alpha value is -2.30. The van der Waals surface area contributed by atoms with Gasteiger partial charge in [-0.3, -0.25) is 4.79 Å². The summed E-state index contributed by atoms with van der Waals surface area (Å²) in [7, 11) is 1.56. The summed E-state index contributed by atoms with van der Waals surface area (Å²) in [4.78, 5) is 24.2. The summed E-state index contributed by atoms with van der Waals surface area (Å²) in [5.41, 5.74) is 0.672. The number of amides is 1. The summed E-state index contributed by atoms with van der Waals surface area (Å²) < 4.78 is 10.4. The predicted molar refractivity (Wildman–Crippen MR) is 92.3 cm³/mol. The molecule has 1 saturated carbocycles. The van der Waals surface area contributed by atoms with E-state index in [9.17, 15) is 9.59 Å². The van der Waals surface area contributed by atoms with Crippen molar-refractivity contribution in [1.29, 1.82) is 0 Å². The SMILES string of the molecule is COc1ccc2c(CC(=O)N[C@H]3CCC[C@H](C)C3)cc(=O)oc2c1. The first-order chi connectivity index (χ1) is 11.5. The van der Waals surface area contributed by atoms with Crippen LogP contribution in [-0.2, 0) is 11.2 Å². The van der Waals surface area contributed by atoms with Crippen LogP contribution in [0.2, 0.25) is 0 Å². The minimum Gasteiger partial charge on any atom is -0.497 e. The summed E-state index contributed by atoms with van der Waals surface area (Å²) in [6.45, 7) is 2.22. The minimum atomic E-state index is -0.454. The molecule has 0 aliphatic heterocycles. The number of methoxy groups -OCH3 is 1. The second-order valence-electron chi connectivity index (χ2n) is 6.67. The molecule has 1 N–H and O–H groups in total. The van der Waals surface area contributed by atoms with Gasteiger partial charge in [-0.15, -0.1) is 0 Å². The van der Waals surface area contributed by atoms with Crippen molar-refractivity contribution >= 4 is 16.9 Å². The normalized spacial score (nSPS) is 20.8. The molecule has 2 atom stereocenters. The van der Waals surface area contributed by atoms with Crippen LogP contribution in [0.1, 0.15) is 38.2 Å². The van der Waals surface area contributed by atoms with Crippen LogP contribution in [0.3, 0.4) is 0 Å². The first-order valence-corrected chi connectivity index (χ1v) is 8.45. The maximum Gasteiger partial charge on any atom is 0.336 e. The van der Waals surface area contributed by atoms with Gasteiger partial charge in [0.05, 0.1) is 13.5 Å². The van der Waals surface area contributed by atoms with Crippen molar-refractivity contribution in [2.75, 3.05) is 7.11 Å². The fraction of sp³-hybridized carbons (Fsp3) is 0.474. The number of fused-ring (bicyclic) bond motifs is 1. The second kappa shape index (κ2) is 7.07. The zero-order valence-electron chi connectivity index (χ0n) is 14.1. The molecule has 0 bridgehead atoms. The van der Waals surface area contributed by atoms with E-state index in [1.54, 1.807) is 19.2 Å². The third-order valence-corrected chi connectivity index (χ3v) is 4.69. The molecule has 2 aromatic rings. The van der Waals surface area contributed by atoms with Gasteiger partial charge in [-0.2, -0.15) is 0 Å². The monoisotopic (exact) mass is 329 g/mol. The Labute approximate surface area is 141 Å². The van der Waals surface area contributed by atoms with Gasteiger partial charge in [-0.25, -0.2) is 4.79 Å². The van der Waals surface area contributed by atoms with Crippen molar-refractivity contribution in [2.24, 2.45) is 5.92 Å². The van der Waals surface area contributed by atoms with E-state index in [0.29, 0.717) is 22.8 Å². The van der Waals surface area contributed by atoms with Gasteiger partial charge < -0.3 is 14.5 Å². The second-order valence-corrected chi connectivity index (χ2v) is 6.67. The van der Waals surface area contributed by atoms with Gasteiger partial charge in [-0.05, 0) is 36.5 Å². The molecule has 24 heavy (non-hydrogen) atoms. The summed E-state index contributed by atoms with van der Waals surface area (Å²) >= 11 is 0. The van der Waals surface area contributed by atoms with Crippen LogP contribution in [0.4, 0.5) is 0 Å². The molecule has 0 spiro atoms. The molecule has 3 rings (SSSR count). The van der Waals surface area contributed by atoms with Gasteiger partial charge in [-0.1, -0.05) is 19.8 Å². The Morgan fingerprint density at radius 3 is 2.92 bits per heavy atom. The number of hydrogen-bond donors (Lipinski definition) is 1. The molecular weight excluding hydrogens is 306 g/mol. The molecule has 128 valence electrons. The largest absolute Gasteiger partial charge is 0.497 e. The molecule has 0 radical (unpaired) electrons. The fourth-order valence-corrected chi connectivity index (χ4v) is 3.50. The Morgan fingerprint density at radius 1 is 1.33 bits per heavy atom. The Kier molecular flexibility index (Phi) is 4.88. The van der Waals surface area contributed by atoms with E-state index in [0.717, 1.165) is 24.6 Å². The van der Waals surface area contributed by atoms with Crippen molar-refractivity contribution in [3.63, 3.8) is 0 Å². The van der Waals surface area contributed by atoms with Crippen LogP contribution in [0, 0.1) is 5.92 Å². The van der Waals surface area contributed by atoms with Crippen LogP contribution in [0.25, 0.3) is 11.0 Å². The molecule has 1 heterocycles. The molecule has 1 amide bonds. The maximum absolute atomic E-state index is 12.4. The van der Waals surface area contributed by atoms with E-state index < -0.39 is 5.63 Å². The first-order valence-electron chi connectivity index (χ1n) is 8.45. The summed E-state index contributed by atoms with van der Waals surface area (Å²) in [5.74, 6) is 1.22. The third kappa shape index (κ3) is 3.78. The zero-order valence-corrected chi connectivity index (χ0v) is 14.1. The molecule has 1 aliphatic carbocycles. The van der Waals surface area contributed by atoms with Gasteiger partial charge in [0.25, 0.3) is 0 Å². The summed E-state index contributed by atoms with van der Waals surface area (Å²) in [6.07, 6.45) is 4.63. The van der Waals surface area contributed by atoms with Gasteiger partial charge >= 0.3 is 5.63 Å². The number of carbonyl (C=O) groups excluding carboxylic acids is 1. The van der Waals surface area contributed by atoms with E-state index in [-0.39, 0.29) is 18.4 Å². The molecule has 1 fully saturated rings. The Bertz CT molecular complexity index is 796. The van der Waals surface area contributed by atoms with E-state index in [4.69, 9.17) is 9.15 Å². The number of carbonyl (C=O) groups is 1. The number of nitrogens with one attached hydrogen (secondary N) is 1. The van der Waals surface area contributed by atoms with Gasteiger partial charge in [0.1, 0.15) is 11.3 Å². The minimum absolute atomic E-state index is 0.0446. The number of rotatable bonds is 4.